The van der Waals surface area contributed by atoms with E-state index in [1.165, 1.54) is 30.5 Å². The average Bonchev–Trinajstić information content (AvgIpc) is 2.56. The summed E-state index contributed by atoms with van der Waals surface area (Å²) in [7, 11) is 0. The molecule has 0 unspecified atom stereocenters. The van der Waals surface area contributed by atoms with Crippen LogP contribution < -0.4 is 14.8 Å². The molecule has 0 aliphatic heterocycles. The molecule has 26 heavy (non-hydrogen) atoms. The van der Waals surface area contributed by atoms with Crippen LogP contribution in [0.1, 0.15) is 36.1 Å². The number of hydrogen-bond acceptors (Lipinski definition) is 5. The van der Waals surface area contributed by atoms with Crippen LogP contribution >= 0.6 is 0 Å². The Kier molecular flexibility index (Phi) is 6.92. The summed E-state index contributed by atoms with van der Waals surface area (Å²) in [5, 5.41) is 3.41. The molecule has 1 N–H and O–H groups in total. The molecule has 0 atom stereocenters. The van der Waals surface area contributed by atoms with Crippen LogP contribution in [0.3, 0.4) is 0 Å². The second-order valence-corrected chi connectivity index (χ2v) is 6.31. The van der Waals surface area contributed by atoms with Crippen molar-refractivity contribution in [2.24, 2.45) is 0 Å². The van der Waals surface area contributed by atoms with Crippen molar-refractivity contribution in [3.63, 3.8) is 0 Å². The van der Waals surface area contributed by atoms with Gasteiger partial charge < -0.3 is 14.8 Å². The second-order valence-electron chi connectivity index (χ2n) is 6.31. The summed E-state index contributed by atoms with van der Waals surface area (Å²) in [6.07, 6.45) is 0.763. The van der Waals surface area contributed by atoms with Crippen molar-refractivity contribution >= 4 is 11.9 Å². The molecule has 0 saturated heterocycles. The third-order valence-corrected chi connectivity index (χ3v) is 4.01. The Hall–Kier alpha value is -2.66. The SMILES string of the molecule is CC(=O)Oc1ccc(CCNCc2ccc(C)c(C)c2)cc1OC(C)=O. The molecule has 2 aromatic rings. The molecule has 0 fully saturated rings. The van der Waals surface area contributed by atoms with Crippen LogP contribution in [0.4, 0.5) is 0 Å². The highest BCUT2D eigenvalue weighted by atomic mass is 16.6. The Labute approximate surface area is 154 Å². The first-order valence-corrected chi connectivity index (χ1v) is 8.62. The van der Waals surface area contributed by atoms with Gasteiger partial charge in [-0.25, -0.2) is 0 Å². The molecule has 0 aliphatic carbocycles. The van der Waals surface area contributed by atoms with Crippen molar-refractivity contribution in [1.29, 1.82) is 0 Å². The molecule has 0 spiro atoms. The number of ether oxygens (including phenoxy) is 2. The minimum absolute atomic E-state index is 0.250. The number of carbonyl (C=O) groups is 2. The lowest BCUT2D eigenvalue weighted by molar-refractivity contribution is -0.134. The van der Waals surface area contributed by atoms with E-state index in [4.69, 9.17) is 9.47 Å². The summed E-state index contributed by atoms with van der Waals surface area (Å²) in [5.74, 6) is -0.400. The highest BCUT2D eigenvalue weighted by Crippen LogP contribution is 2.29. The quantitative estimate of drug-likeness (QED) is 0.468. The van der Waals surface area contributed by atoms with E-state index in [9.17, 15) is 9.59 Å². The number of carbonyl (C=O) groups excluding carboxylic acids is 2. The zero-order valence-corrected chi connectivity index (χ0v) is 15.7. The molecule has 0 heterocycles. The van der Waals surface area contributed by atoms with Gasteiger partial charge in [0, 0.05) is 20.4 Å². The molecular formula is C21H25NO4. The molecule has 0 radical (unpaired) electrons. The Bertz CT molecular complexity index is 799. The van der Waals surface area contributed by atoms with Crippen LogP contribution in [-0.4, -0.2) is 18.5 Å². The van der Waals surface area contributed by atoms with Gasteiger partial charge in [-0.1, -0.05) is 24.3 Å². The van der Waals surface area contributed by atoms with Crippen molar-refractivity contribution in [1.82, 2.24) is 5.32 Å². The Morgan fingerprint density at radius 1 is 0.846 bits per heavy atom. The van der Waals surface area contributed by atoms with E-state index >= 15 is 0 Å². The molecule has 0 bridgehead atoms. The minimum atomic E-state index is -0.457. The van der Waals surface area contributed by atoms with Crippen molar-refractivity contribution in [3.8, 4) is 11.5 Å². The van der Waals surface area contributed by atoms with E-state index < -0.39 is 11.9 Å². The maximum Gasteiger partial charge on any atom is 0.308 e. The Morgan fingerprint density at radius 2 is 1.50 bits per heavy atom. The van der Waals surface area contributed by atoms with Gasteiger partial charge in [0.2, 0.25) is 0 Å². The van der Waals surface area contributed by atoms with Crippen molar-refractivity contribution in [2.75, 3.05) is 6.54 Å². The van der Waals surface area contributed by atoms with E-state index in [2.05, 4.69) is 37.4 Å². The fourth-order valence-corrected chi connectivity index (χ4v) is 2.56. The zero-order valence-electron chi connectivity index (χ0n) is 15.7. The molecular weight excluding hydrogens is 330 g/mol. The number of esters is 2. The summed E-state index contributed by atoms with van der Waals surface area (Å²) in [6.45, 7) is 8.41. The number of benzene rings is 2. The van der Waals surface area contributed by atoms with Gasteiger partial charge in [0.25, 0.3) is 0 Å². The molecule has 2 aromatic carbocycles. The summed E-state index contributed by atoms with van der Waals surface area (Å²) >= 11 is 0. The fourth-order valence-electron chi connectivity index (χ4n) is 2.56. The third kappa shape index (κ3) is 6.01. The molecule has 2 rings (SSSR count). The third-order valence-electron chi connectivity index (χ3n) is 4.01. The highest BCUT2D eigenvalue weighted by molar-refractivity contribution is 5.73. The zero-order chi connectivity index (χ0) is 19.1. The van der Waals surface area contributed by atoms with Crippen LogP contribution in [0.15, 0.2) is 36.4 Å². The van der Waals surface area contributed by atoms with Gasteiger partial charge in [0.05, 0.1) is 0 Å². The predicted octanol–water partition coefficient (Wildman–Crippen LogP) is 3.49. The number of nitrogens with one attached hydrogen (secondary N) is 1. The molecule has 5 nitrogen and oxygen atoms in total. The van der Waals surface area contributed by atoms with Crippen molar-refractivity contribution in [3.05, 3.63) is 58.7 Å². The maximum absolute atomic E-state index is 11.3. The summed E-state index contributed by atoms with van der Waals surface area (Å²) in [6, 6.07) is 11.7. The van der Waals surface area contributed by atoms with Crippen molar-refractivity contribution < 1.29 is 19.1 Å². The molecule has 0 amide bonds. The lowest BCUT2D eigenvalue weighted by atomic mass is 10.1. The molecule has 0 aliphatic rings. The highest BCUT2D eigenvalue weighted by Gasteiger charge is 2.11. The standard InChI is InChI=1S/C21H25NO4/c1-14-5-6-19(11-15(14)2)13-22-10-9-18-7-8-20(25-16(3)23)21(12-18)26-17(4)24/h5-8,11-12,22H,9-10,13H2,1-4H3. The summed E-state index contributed by atoms with van der Waals surface area (Å²) in [4.78, 5) is 22.4. The van der Waals surface area contributed by atoms with Gasteiger partial charge in [0.1, 0.15) is 0 Å². The molecule has 0 aromatic heterocycles. The van der Waals surface area contributed by atoms with E-state index in [1.54, 1.807) is 12.1 Å². The molecule has 138 valence electrons. The van der Waals surface area contributed by atoms with Gasteiger partial charge in [-0.2, -0.15) is 0 Å². The van der Waals surface area contributed by atoms with Gasteiger partial charge in [-0.15, -0.1) is 0 Å². The first-order valence-electron chi connectivity index (χ1n) is 8.62. The largest absolute Gasteiger partial charge is 0.423 e. The lowest BCUT2D eigenvalue weighted by Crippen LogP contribution is -2.17. The average molecular weight is 355 g/mol. The predicted molar refractivity (Wildman–Crippen MR) is 100 cm³/mol. The van der Waals surface area contributed by atoms with Gasteiger partial charge in [-0.3, -0.25) is 9.59 Å². The number of rotatable bonds is 7. The van der Waals surface area contributed by atoms with E-state index in [0.717, 1.165) is 25.1 Å². The van der Waals surface area contributed by atoms with E-state index in [-0.39, 0.29) is 11.5 Å². The van der Waals surface area contributed by atoms with Crippen molar-refractivity contribution in [2.45, 2.75) is 40.7 Å². The summed E-state index contributed by atoms with van der Waals surface area (Å²) < 4.78 is 10.2. The monoisotopic (exact) mass is 355 g/mol. The first kappa shape index (κ1) is 19.7. The molecule has 5 heteroatoms. The van der Waals surface area contributed by atoms with Gasteiger partial charge in [-0.05, 0) is 61.2 Å². The second kappa shape index (κ2) is 9.15. The van der Waals surface area contributed by atoms with Crippen LogP contribution in [0.25, 0.3) is 0 Å². The van der Waals surface area contributed by atoms with E-state index in [0.29, 0.717) is 0 Å². The smallest absolute Gasteiger partial charge is 0.308 e. The summed E-state index contributed by atoms with van der Waals surface area (Å²) in [5.41, 5.74) is 4.82. The van der Waals surface area contributed by atoms with Crippen LogP contribution in [0, 0.1) is 13.8 Å². The Balaban J connectivity index is 1.94. The van der Waals surface area contributed by atoms with Crippen LogP contribution in [-0.2, 0) is 22.6 Å². The van der Waals surface area contributed by atoms with Crippen LogP contribution in [0.5, 0.6) is 11.5 Å². The number of aryl methyl sites for hydroxylation is 2. The first-order chi connectivity index (χ1) is 12.3. The van der Waals surface area contributed by atoms with Crippen LogP contribution in [0.2, 0.25) is 0 Å². The topological polar surface area (TPSA) is 64.6 Å². The molecule has 0 saturated carbocycles. The van der Waals surface area contributed by atoms with Gasteiger partial charge >= 0.3 is 11.9 Å². The van der Waals surface area contributed by atoms with E-state index in [1.807, 2.05) is 6.07 Å². The minimum Gasteiger partial charge on any atom is -0.423 e. The maximum atomic E-state index is 11.3. The lowest BCUT2D eigenvalue weighted by Gasteiger charge is -2.11. The normalized spacial score (nSPS) is 10.5. The fraction of sp³-hybridized carbons (Fsp3) is 0.333. The Morgan fingerprint density at radius 3 is 2.15 bits per heavy atom. The van der Waals surface area contributed by atoms with Gasteiger partial charge in [0.15, 0.2) is 11.5 Å². The number of hydrogen-bond donors (Lipinski definition) is 1.